The number of hydrogen-bond donors (Lipinski definition) is 2. The van der Waals surface area contributed by atoms with Crippen LogP contribution < -0.4 is 10.6 Å². The minimum Gasteiger partial charge on any atom is -0.356 e. The van der Waals surface area contributed by atoms with Crippen molar-refractivity contribution in [1.29, 1.82) is 0 Å². The van der Waals surface area contributed by atoms with Crippen molar-refractivity contribution in [3.05, 3.63) is 34.3 Å². The van der Waals surface area contributed by atoms with Crippen LogP contribution in [0.4, 0.5) is 0 Å². The number of rotatable bonds is 6. The Hall–Kier alpha value is -0.580. The molecule has 1 aliphatic rings. The number of nitrogens with one attached hydrogen (secondary N) is 2. The van der Waals surface area contributed by atoms with Gasteiger partial charge in [-0.1, -0.05) is 41.4 Å². The van der Waals surface area contributed by atoms with Crippen LogP contribution in [0.25, 0.3) is 0 Å². The molecule has 2 atom stereocenters. The first-order chi connectivity index (χ1) is 9.69. The summed E-state index contributed by atoms with van der Waals surface area (Å²) in [6.07, 6.45) is 3.06. The number of carbonyl (C=O) groups is 1. The normalized spacial score (nSPS) is 18.9. The van der Waals surface area contributed by atoms with Crippen molar-refractivity contribution >= 4 is 34.2 Å². The molecule has 0 spiro atoms. The predicted octanol–water partition coefficient (Wildman–Crippen LogP) is 3.17. The van der Waals surface area contributed by atoms with Crippen molar-refractivity contribution in [1.82, 2.24) is 10.6 Å². The van der Waals surface area contributed by atoms with Gasteiger partial charge in [0.05, 0.1) is 5.92 Å². The van der Waals surface area contributed by atoms with E-state index < -0.39 is 0 Å². The Kier molecular flexibility index (Phi) is 8.30. The van der Waals surface area contributed by atoms with Crippen molar-refractivity contribution in [2.24, 2.45) is 11.8 Å². The molecular weight excluding hydrogens is 352 g/mol. The summed E-state index contributed by atoms with van der Waals surface area (Å²) >= 11 is 3.50. The molecule has 21 heavy (non-hydrogen) atoms. The molecule has 2 N–H and O–H groups in total. The summed E-state index contributed by atoms with van der Waals surface area (Å²) in [7, 11) is 0. The second-order valence-electron chi connectivity index (χ2n) is 5.54. The number of hydrogen-bond acceptors (Lipinski definition) is 2. The largest absolute Gasteiger partial charge is 0.356 e. The quantitative estimate of drug-likeness (QED) is 0.802. The van der Waals surface area contributed by atoms with Crippen LogP contribution >= 0.6 is 28.3 Å². The molecular formula is C16H24BrClN2O. The van der Waals surface area contributed by atoms with Crippen LogP contribution in [0.5, 0.6) is 0 Å². The third-order valence-corrected chi connectivity index (χ3v) is 4.48. The summed E-state index contributed by atoms with van der Waals surface area (Å²) in [6, 6.07) is 8.41. The third-order valence-electron chi connectivity index (χ3n) is 3.99. The van der Waals surface area contributed by atoms with Gasteiger partial charge in [-0.3, -0.25) is 4.79 Å². The highest BCUT2D eigenvalue weighted by atomic mass is 79.9. The Bertz CT molecular complexity index is 450. The smallest absolute Gasteiger partial charge is 0.224 e. The zero-order valence-corrected chi connectivity index (χ0v) is 14.8. The van der Waals surface area contributed by atoms with Gasteiger partial charge in [-0.25, -0.2) is 0 Å². The van der Waals surface area contributed by atoms with E-state index in [1.165, 1.54) is 5.56 Å². The van der Waals surface area contributed by atoms with Gasteiger partial charge in [0, 0.05) is 17.6 Å². The number of amides is 1. The van der Waals surface area contributed by atoms with Gasteiger partial charge < -0.3 is 10.6 Å². The van der Waals surface area contributed by atoms with Crippen molar-refractivity contribution in [2.75, 3.05) is 19.6 Å². The summed E-state index contributed by atoms with van der Waals surface area (Å²) in [5.41, 5.74) is 1.32. The Morgan fingerprint density at radius 3 is 2.95 bits per heavy atom. The maximum absolute atomic E-state index is 12.0. The molecule has 1 aliphatic heterocycles. The first-order valence-electron chi connectivity index (χ1n) is 7.42. The molecule has 0 aromatic heterocycles. The van der Waals surface area contributed by atoms with Gasteiger partial charge >= 0.3 is 0 Å². The molecule has 1 heterocycles. The predicted molar refractivity (Wildman–Crippen MR) is 92.9 cm³/mol. The fourth-order valence-electron chi connectivity index (χ4n) is 2.63. The van der Waals surface area contributed by atoms with E-state index in [0.29, 0.717) is 5.92 Å². The Balaban J connectivity index is 0.00000220. The highest BCUT2D eigenvalue weighted by Gasteiger charge is 2.22. The second-order valence-corrected chi connectivity index (χ2v) is 6.46. The molecule has 0 radical (unpaired) electrons. The molecule has 0 bridgehead atoms. The maximum atomic E-state index is 12.0. The van der Waals surface area contributed by atoms with E-state index in [0.717, 1.165) is 43.4 Å². The molecule has 1 saturated heterocycles. The Morgan fingerprint density at radius 1 is 1.52 bits per heavy atom. The van der Waals surface area contributed by atoms with Gasteiger partial charge in [0.1, 0.15) is 0 Å². The molecule has 3 nitrogen and oxygen atoms in total. The summed E-state index contributed by atoms with van der Waals surface area (Å²) < 4.78 is 1.12. The van der Waals surface area contributed by atoms with E-state index in [9.17, 15) is 4.79 Å². The van der Waals surface area contributed by atoms with E-state index in [-0.39, 0.29) is 24.2 Å². The monoisotopic (exact) mass is 374 g/mol. The number of halogens is 2. The second kappa shape index (κ2) is 9.44. The van der Waals surface area contributed by atoms with Crippen LogP contribution in [-0.4, -0.2) is 25.5 Å². The number of carbonyl (C=O) groups excluding carboxylic acids is 1. The van der Waals surface area contributed by atoms with Gasteiger partial charge in [-0.05, 0) is 43.0 Å². The zero-order chi connectivity index (χ0) is 14.4. The van der Waals surface area contributed by atoms with Gasteiger partial charge in [0.2, 0.25) is 5.91 Å². The van der Waals surface area contributed by atoms with Gasteiger partial charge in [-0.2, -0.15) is 0 Å². The average molecular weight is 376 g/mol. The lowest BCUT2D eigenvalue weighted by Gasteiger charge is -2.17. The van der Waals surface area contributed by atoms with E-state index in [4.69, 9.17) is 0 Å². The van der Waals surface area contributed by atoms with Gasteiger partial charge in [-0.15, -0.1) is 12.4 Å². The van der Waals surface area contributed by atoms with Crippen LogP contribution in [-0.2, 0) is 11.2 Å². The van der Waals surface area contributed by atoms with Crippen LogP contribution in [0.2, 0.25) is 0 Å². The Labute approximate surface area is 141 Å². The van der Waals surface area contributed by atoms with Crippen LogP contribution in [0.1, 0.15) is 25.3 Å². The van der Waals surface area contributed by atoms with E-state index in [1.807, 2.05) is 6.07 Å². The van der Waals surface area contributed by atoms with Crippen LogP contribution in [0.3, 0.4) is 0 Å². The van der Waals surface area contributed by atoms with Crippen molar-refractivity contribution < 1.29 is 4.79 Å². The molecule has 5 heteroatoms. The molecule has 0 aliphatic carbocycles. The summed E-state index contributed by atoms with van der Waals surface area (Å²) in [6.45, 7) is 4.76. The molecule has 1 aromatic carbocycles. The van der Waals surface area contributed by atoms with Gasteiger partial charge in [0.25, 0.3) is 0 Å². The molecule has 2 unspecified atom stereocenters. The minimum absolute atomic E-state index is 0. The van der Waals surface area contributed by atoms with Crippen molar-refractivity contribution in [2.45, 2.75) is 26.2 Å². The van der Waals surface area contributed by atoms with Crippen molar-refractivity contribution in [3.8, 4) is 0 Å². The molecule has 2 rings (SSSR count). The van der Waals surface area contributed by atoms with E-state index in [1.54, 1.807) is 0 Å². The first kappa shape index (κ1) is 18.5. The SMILES string of the molecule is CCC(CNC(=O)C1CCNC1)Cc1cccc(Br)c1.Cl. The summed E-state index contributed by atoms with van der Waals surface area (Å²) in [4.78, 5) is 12.0. The average Bonchev–Trinajstić information content (AvgIpc) is 2.97. The lowest BCUT2D eigenvalue weighted by Crippen LogP contribution is -2.35. The van der Waals surface area contributed by atoms with E-state index >= 15 is 0 Å². The first-order valence-corrected chi connectivity index (χ1v) is 8.21. The molecule has 1 fully saturated rings. The molecule has 118 valence electrons. The summed E-state index contributed by atoms with van der Waals surface area (Å²) in [5, 5.41) is 6.35. The topological polar surface area (TPSA) is 41.1 Å². The molecule has 1 aromatic rings. The maximum Gasteiger partial charge on any atom is 0.224 e. The molecule has 0 saturated carbocycles. The molecule has 1 amide bonds. The Morgan fingerprint density at radius 2 is 2.33 bits per heavy atom. The van der Waals surface area contributed by atoms with Crippen LogP contribution in [0, 0.1) is 11.8 Å². The fraction of sp³-hybridized carbons (Fsp3) is 0.562. The third kappa shape index (κ3) is 5.97. The van der Waals surface area contributed by atoms with E-state index in [2.05, 4.69) is 51.7 Å². The van der Waals surface area contributed by atoms with Crippen molar-refractivity contribution in [3.63, 3.8) is 0 Å². The van der Waals surface area contributed by atoms with Crippen LogP contribution in [0.15, 0.2) is 28.7 Å². The lowest BCUT2D eigenvalue weighted by molar-refractivity contribution is -0.124. The van der Waals surface area contributed by atoms with Gasteiger partial charge in [0.15, 0.2) is 0 Å². The number of benzene rings is 1. The minimum atomic E-state index is 0. The highest BCUT2D eigenvalue weighted by Crippen LogP contribution is 2.17. The summed E-state index contributed by atoms with van der Waals surface area (Å²) in [5.74, 6) is 0.878. The fourth-order valence-corrected chi connectivity index (χ4v) is 3.07. The highest BCUT2D eigenvalue weighted by molar-refractivity contribution is 9.10. The standard InChI is InChI=1S/C16H23BrN2O.ClH/c1-2-12(8-13-4-3-5-15(17)9-13)10-19-16(20)14-6-7-18-11-14;/h3-5,9,12,14,18H,2,6-8,10-11H2,1H3,(H,19,20);1H. The lowest BCUT2D eigenvalue weighted by atomic mass is 9.96. The zero-order valence-electron chi connectivity index (χ0n) is 12.4.